The summed E-state index contributed by atoms with van der Waals surface area (Å²) in [6, 6.07) is 9.38. The lowest BCUT2D eigenvalue weighted by molar-refractivity contribution is -0.125. The van der Waals surface area contributed by atoms with Gasteiger partial charge in [0, 0.05) is 31.4 Å². The fourth-order valence-corrected chi connectivity index (χ4v) is 2.29. The minimum atomic E-state index is -0.304. The SMILES string of the molecule is Cc1nn(C)cc1CNC(=O)C(C)C(N)c1ccccc1. The standard InChI is InChI=1S/C16H22N4O/c1-11(15(17)13-7-5-4-6-8-13)16(21)18-9-14-10-20(3)19-12(14)2/h4-8,10-11,15H,9,17H2,1-3H3,(H,18,21). The molecule has 5 heteroatoms. The molecule has 0 saturated carbocycles. The summed E-state index contributed by atoms with van der Waals surface area (Å²) in [5.41, 5.74) is 9.08. The van der Waals surface area contributed by atoms with Crippen molar-refractivity contribution in [2.75, 3.05) is 0 Å². The largest absolute Gasteiger partial charge is 0.352 e. The molecule has 1 amide bonds. The van der Waals surface area contributed by atoms with Gasteiger partial charge >= 0.3 is 0 Å². The minimum Gasteiger partial charge on any atom is -0.352 e. The summed E-state index contributed by atoms with van der Waals surface area (Å²) in [6.45, 7) is 4.26. The first-order valence-corrected chi connectivity index (χ1v) is 7.06. The van der Waals surface area contributed by atoms with Crippen molar-refractivity contribution in [2.45, 2.75) is 26.4 Å². The van der Waals surface area contributed by atoms with Crippen LogP contribution in [0.4, 0.5) is 0 Å². The number of nitrogens with one attached hydrogen (secondary N) is 1. The number of aromatic nitrogens is 2. The molecule has 2 aromatic rings. The Morgan fingerprint density at radius 3 is 2.62 bits per heavy atom. The lowest BCUT2D eigenvalue weighted by Gasteiger charge is -2.19. The molecule has 21 heavy (non-hydrogen) atoms. The lowest BCUT2D eigenvalue weighted by Crippen LogP contribution is -2.35. The van der Waals surface area contributed by atoms with Crippen LogP contribution in [0.5, 0.6) is 0 Å². The van der Waals surface area contributed by atoms with E-state index in [9.17, 15) is 4.79 Å². The highest BCUT2D eigenvalue weighted by Gasteiger charge is 2.22. The second kappa shape index (κ2) is 6.54. The van der Waals surface area contributed by atoms with Crippen LogP contribution in [0.3, 0.4) is 0 Å². The number of benzene rings is 1. The van der Waals surface area contributed by atoms with Crippen molar-refractivity contribution in [3.8, 4) is 0 Å². The number of nitrogens with two attached hydrogens (primary N) is 1. The van der Waals surface area contributed by atoms with Crippen LogP contribution in [-0.2, 0) is 18.4 Å². The highest BCUT2D eigenvalue weighted by atomic mass is 16.1. The summed E-state index contributed by atoms with van der Waals surface area (Å²) >= 11 is 0. The van der Waals surface area contributed by atoms with Crippen molar-refractivity contribution in [3.05, 3.63) is 53.3 Å². The summed E-state index contributed by atoms with van der Waals surface area (Å²) in [5, 5.41) is 7.19. The third-order valence-corrected chi connectivity index (χ3v) is 3.70. The molecule has 0 aliphatic rings. The number of carbonyl (C=O) groups excluding carboxylic acids is 1. The first-order valence-electron chi connectivity index (χ1n) is 7.06. The Balaban J connectivity index is 1.95. The highest BCUT2D eigenvalue weighted by Crippen LogP contribution is 2.19. The van der Waals surface area contributed by atoms with Gasteiger partial charge in [0.05, 0.1) is 11.6 Å². The molecule has 0 saturated heterocycles. The fraction of sp³-hybridized carbons (Fsp3) is 0.375. The lowest BCUT2D eigenvalue weighted by atomic mass is 9.94. The molecule has 0 radical (unpaired) electrons. The molecule has 1 aromatic heterocycles. The number of amides is 1. The predicted molar refractivity (Wildman–Crippen MR) is 82.3 cm³/mol. The first kappa shape index (κ1) is 15.3. The van der Waals surface area contributed by atoms with E-state index in [4.69, 9.17) is 5.73 Å². The van der Waals surface area contributed by atoms with Crippen molar-refractivity contribution < 1.29 is 4.79 Å². The zero-order chi connectivity index (χ0) is 15.4. The second-order valence-electron chi connectivity index (χ2n) is 5.36. The van der Waals surface area contributed by atoms with Gasteiger partial charge in [0.1, 0.15) is 0 Å². The van der Waals surface area contributed by atoms with Crippen molar-refractivity contribution in [3.63, 3.8) is 0 Å². The zero-order valence-electron chi connectivity index (χ0n) is 12.7. The molecule has 0 aliphatic heterocycles. The van der Waals surface area contributed by atoms with Crippen LogP contribution in [0.25, 0.3) is 0 Å². The maximum atomic E-state index is 12.2. The molecule has 0 bridgehead atoms. The van der Waals surface area contributed by atoms with Crippen molar-refractivity contribution in [1.82, 2.24) is 15.1 Å². The molecule has 112 valence electrons. The zero-order valence-corrected chi connectivity index (χ0v) is 12.7. The summed E-state index contributed by atoms with van der Waals surface area (Å²) in [4.78, 5) is 12.2. The van der Waals surface area contributed by atoms with E-state index in [1.165, 1.54) is 0 Å². The molecular weight excluding hydrogens is 264 g/mol. The van der Waals surface area contributed by atoms with Crippen LogP contribution < -0.4 is 11.1 Å². The molecule has 0 spiro atoms. The van der Waals surface area contributed by atoms with Crippen LogP contribution in [0.1, 0.15) is 29.8 Å². The van der Waals surface area contributed by atoms with Gasteiger partial charge in [-0.05, 0) is 12.5 Å². The van der Waals surface area contributed by atoms with Crippen LogP contribution in [-0.4, -0.2) is 15.7 Å². The van der Waals surface area contributed by atoms with E-state index in [2.05, 4.69) is 10.4 Å². The Hall–Kier alpha value is -2.14. The number of nitrogens with zero attached hydrogens (tertiary/aromatic N) is 2. The van der Waals surface area contributed by atoms with Crippen molar-refractivity contribution in [2.24, 2.45) is 18.7 Å². The number of hydrogen-bond acceptors (Lipinski definition) is 3. The molecule has 2 unspecified atom stereocenters. The number of carbonyl (C=O) groups is 1. The fourth-order valence-electron chi connectivity index (χ4n) is 2.29. The maximum absolute atomic E-state index is 12.2. The van der Waals surface area contributed by atoms with E-state index in [0.717, 1.165) is 16.8 Å². The molecule has 2 atom stereocenters. The average Bonchev–Trinajstić information content (AvgIpc) is 2.82. The van der Waals surface area contributed by atoms with Gasteiger partial charge in [0.2, 0.25) is 5.91 Å². The van der Waals surface area contributed by atoms with Crippen LogP contribution in [0.15, 0.2) is 36.5 Å². The molecule has 1 aromatic carbocycles. The summed E-state index contributed by atoms with van der Waals surface area (Å²) in [7, 11) is 1.87. The van der Waals surface area contributed by atoms with Gasteiger partial charge < -0.3 is 11.1 Å². The van der Waals surface area contributed by atoms with Gasteiger partial charge in [-0.2, -0.15) is 5.10 Å². The molecule has 3 N–H and O–H groups in total. The summed E-state index contributed by atoms with van der Waals surface area (Å²) < 4.78 is 1.75. The summed E-state index contributed by atoms with van der Waals surface area (Å²) in [5.74, 6) is -0.334. The minimum absolute atomic E-state index is 0.0467. The van der Waals surface area contributed by atoms with E-state index in [1.54, 1.807) is 4.68 Å². The van der Waals surface area contributed by atoms with Crippen molar-refractivity contribution >= 4 is 5.91 Å². The van der Waals surface area contributed by atoms with Gasteiger partial charge in [-0.3, -0.25) is 9.48 Å². The van der Waals surface area contributed by atoms with E-state index in [1.807, 2.05) is 57.4 Å². The maximum Gasteiger partial charge on any atom is 0.225 e. The van der Waals surface area contributed by atoms with Gasteiger partial charge in [0.15, 0.2) is 0 Å². The monoisotopic (exact) mass is 286 g/mol. The van der Waals surface area contributed by atoms with Crippen LogP contribution in [0.2, 0.25) is 0 Å². The molecule has 0 aliphatic carbocycles. The van der Waals surface area contributed by atoms with E-state index < -0.39 is 0 Å². The van der Waals surface area contributed by atoms with E-state index in [-0.39, 0.29) is 17.9 Å². The Bertz CT molecular complexity index is 606. The predicted octanol–water partition coefficient (Wildman–Crippen LogP) is 1.68. The summed E-state index contributed by atoms with van der Waals surface area (Å²) in [6.07, 6.45) is 1.91. The van der Waals surface area contributed by atoms with Crippen molar-refractivity contribution in [1.29, 1.82) is 0 Å². The van der Waals surface area contributed by atoms with Crippen LogP contribution in [0, 0.1) is 12.8 Å². The van der Waals surface area contributed by atoms with E-state index in [0.29, 0.717) is 6.54 Å². The van der Waals surface area contributed by atoms with Crippen LogP contribution >= 0.6 is 0 Å². The van der Waals surface area contributed by atoms with Gasteiger partial charge in [-0.1, -0.05) is 37.3 Å². The third-order valence-electron chi connectivity index (χ3n) is 3.70. The normalized spacial score (nSPS) is 13.7. The average molecular weight is 286 g/mol. The molecule has 5 nitrogen and oxygen atoms in total. The molecule has 1 heterocycles. The van der Waals surface area contributed by atoms with Gasteiger partial charge in [-0.25, -0.2) is 0 Å². The third kappa shape index (κ3) is 3.70. The van der Waals surface area contributed by atoms with E-state index >= 15 is 0 Å². The number of rotatable bonds is 5. The van der Waals surface area contributed by atoms with Gasteiger partial charge in [0.25, 0.3) is 0 Å². The Morgan fingerprint density at radius 1 is 1.38 bits per heavy atom. The first-order chi connectivity index (χ1) is 9.99. The number of aryl methyl sites for hydroxylation is 2. The highest BCUT2D eigenvalue weighted by molar-refractivity contribution is 5.79. The molecule has 0 fully saturated rings. The topological polar surface area (TPSA) is 72.9 Å². The number of hydrogen-bond donors (Lipinski definition) is 2. The Morgan fingerprint density at radius 2 is 2.05 bits per heavy atom. The molecular formula is C16H22N4O. The Labute approximate surface area is 125 Å². The smallest absolute Gasteiger partial charge is 0.225 e. The second-order valence-corrected chi connectivity index (χ2v) is 5.36. The molecule has 2 rings (SSSR count). The Kier molecular flexibility index (Phi) is 4.75. The quantitative estimate of drug-likeness (QED) is 0.878. The van der Waals surface area contributed by atoms with Gasteiger partial charge in [-0.15, -0.1) is 0 Å².